The maximum atomic E-state index is 12.5. The van der Waals surface area contributed by atoms with E-state index in [2.05, 4.69) is 5.32 Å². The third-order valence-electron chi connectivity index (χ3n) is 2.24. The number of rotatable bonds is 4. The Morgan fingerprint density at radius 3 is 2.59 bits per heavy atom. The van der Waals surface area contributed by atoms with Gasteiger partial charge in [0.2, 0.25) is 0 Å². The lowest BCUT2D eigenvalue weighted by atomic mass is 10.1. The average Bonchev–Trinajstić information content (AvgIpc) is 2.26. The molecule has 1 atom stereocenters. The minimum Gasteiger partial charge on any atom is -0.396 e. The molecule has 0 radical (unpaired) electrons. The molecule has 0 aliphatic heterocycles. The molecule has 0 spiro atoms. The highest BCUT2D eigenvalue weighted by atomic mass is 35.5. The van der Waals surface area contributed by atoms with Gasteiger partial charge in [-0.2, -0.15) is 13.2 Å². The van der Waals surface area contributed by atoms with E-state index in [0.29, 0.717) is 12.2 Å². The smallest absolute Gasteiger partial charge is 0.396 e. The molecule has 0 bridgehead atoms. The van der Waals surface area contributed by atoms with Crippen LogP contribution < -0.4 is 5.32 Å². The number of halogens is 4. The van der Waals surface area contributed by atoms with Gasteiger partial charge in [-0.3, -0.25) is 0 Å². The van der Waals surface area contributed by atoms with Gasteiger partial charge in [-0.05, 0) is 24.1 Å². The summed E-state index contributed by atoms with van der Waals surface area (Å²) in [5, 5.41) is 11.3. The Balaban J connectivity index is 2.82. The van der Waals surface area contributed by atoms with Crippen LogP contribution in [0, 0.1) is 5.92 Å². The third-order valence-corrected chi connectivity index (χ3v) is 2.57. The summed E-state index contributed by atoms with van der Waals surface area (Å²) in [5.74, 6) is -0.0278. The molecule has 1 aromatic carbocycles. The number of anilines is 1. The molecule has 2 N–H and O–H groups in total. The van der Waals surface area contributed by atoms with E-state index in [1.54, 1.807) is 6.92 Å². The third kappa shape index (κ3) is 4.09. The highest BCUT2D eigenvalue weighted by Gasteiger charge is 2.33. The van der Waals surface area contributed by atoms with Crippen LogP contribution in [0.4, 0.5) is 18.9 Å². The van der Waals surface area contributed by atoms with Crippen LogP contribution >= 0.6 is 11.6 Å². The molecule has 1 rings (SSSR count). The maximum Gasteiger partial charge on any atom is 0.417 e. The fraction of sp³-hybridized carbons (Fsp3) is 0.455. The van der Waals surface area contributed by atoms with Gasteiger partial charge in [-0.25, -0.2) is 0 Å². The van der Waals surface area contributed by atoms with Gasteiger partial charge in [-0.15, -0.1) is 0 Å². The predicted octanol–water partition coefficient (Wildman–Crippen LogP) is 3.40. The Bertz CT molecular complexity index is 381. The quantitative estimate of drug-likeness (QED) is 0.876. The fourth-order valence-electron chi connectivity index (χ4n) is 1.21. The van der Waals surface area contributed by atoms with Gasteiger partial charge in [0.1, 0.15) is 0 Å². The van der Waals surface area contributed by atoms with Crippen molar-refractivity contribution in [1.29, 1.82) is 0 Å². The van der Waals surface area contributed by atoms with Crippen molar-refractivity contribution < 1.29 is 18.3 Å². The Hall–Kier alpha value is -0.940. The van der Waals surface area contributed by atoms with Gasteiger partial charge < -0.3 is 10.4 Å². The largest absolute Gasteiger partial charge is 0.417 e. The van der Waals surface area contributed by atoms with Gasteiger partial charge in [-0.1, -0.05) is 18.5 Å². The van der Waals surface area contributed by atoms with Crippen LogP contribution in [-0.4, -0.2) is 18.3 Å². The zero-order valence-electron chi connectivity index (χ0n) is 9.18. The molecular formula is C11H13ClF3NO. The SMILES string of the molecule is CC(CO)CNc1ccc(Cl)c(C(F)(F)F)c1. The normalized spacial score (nSPS) is 13.5. The van der Waals surface area contributed by atoms with E-state index in [-0.39, 0.29) is 17.5 Å². The van der Waals surface area contributed by atoms with E-state index >= 15 is 0 Å². The number of alkyl halides is 3. The van der Waals surface area contributed by atoms with Gasteiger partial charge >= 0.3 is 6.18 Å². The average molecular weight is 268 g/mol. The van der Waals surface area contributed by atoms with Gasteiger partial charge in [0.25, 0.3) is 0 Å². The summed E-state index contributed by atoms with van der Waals surface area (Å²) in [6.07, 6.45) is -4.46. The molecule has 0 aromatic heterocycles. The van der Waals surface area contributed by atoms with Gasteiger partial charge in [0.15, 0.2) is 0 Å². The molecular weight excluding hydrogens is 255 g/mol. The summed E-state index contributed by atoms with van der Waals surface area (Å²) in [7, 11) is 0. The first kappa shape index (κ1) is 14.1. The monoisotopic (exact) mass is 267 g/mol. The lowest BCUT2D eigenvalue weighted by molar-refractivity contribution is -0.137. The molecule has 96 valence electrons. The van der Waals surface area contributed by atoms with Crippen LogP contribution in [0.5, 0.6) is 0 Å². The van der Waals surface area contributed by atoms with Crippen molar-refractivity contribution in [2.75, 3.05) is 18.5 Å². The number of aliphatic hydroxyl groups is 1. The Labute approximate surface area is 102 Å². The highest BCUT2D eigenvalue weighted by Crippen LogP contribution is 2.36. The van der Waals surface area contributed by atoms with E-state index in [9.17, 15) is 13.2 Å². The molecule has 0 heterocycles. The lowest BCUT2D eigenvalue weighted by Gasteiger charge is -2.14. The number of hydrogen-bond donors (Lipinski definition) is 2. The number of aliphatic hydroxyl groups excluding tert-OH is 1. The summed E-state index contributed by atoms with van der Waals surface area (Å²) in [5.41, 5.74) is -0.525. The fourth-order valence-corrected chi connectivity index (χ4v) is 1.43. The standard InChI is InChI=1S/C11H13ClF3NO/c1-7(6-17)5-16-8-2-3-10(12)9(4-8)11(13,14)15/h2-4,7,16-17H,5-6H2,1H3. The van der Waals surface area contributed by atoms with Crippen LogP contribution in [0.25, 0.3) is 0 Å². The first-order valence-corrected chi connectivity index (χ1v) is 5.44. The van der Waals surface area contributed by atoms with E-state index in [1.165, 1.54) is 12.1 Å². The molecule has 0 fully saturated rings. The summed E-state index contributed by atoms with van der Waals surface area (Å²) in [6.45, 7) is 2.16. The van der Waals surface area contributed by atoms with Crippen molar-refractivity contribution in [2.45, 2.75) is 13.1 Å². The zero-order valence-corrected chi connectivity index (χ0v) is 9.94. The second-order valence-electron chi connectivity index (χ2n) is 3.86. The Kier molecular flexibility index (Phi) is 4.65. The molecule has 0 saturated heterocycles. The van der Waals surface area contributed by atoms with E-state index < -0.39 is 11.7 Å². The molecule has 6 heteroatoms. The van der Waals surface area contributed by atoms with E-state index in [1.807, 2.05) is 0 Å². The molecule has 0 saturated carbocycles. The van der Waals surface area contributed by atoms with Crippen LogP contribution in [0.15, 0.2) is 18.2 Å². The van der Waals surface area contributed by atoms with Crippen molar-refractivity contribution in [1.82, 2.24) is 0 Å². The number of benzene rings is 1. The first-order valence-electron chi connectivity index (χ1n) is 5.06. The van der Waals surface area contributed by atoms with Crippen LogP contribution in [0.2, 0.25) is 5.02 Å². The molecule has 0 amide bonds. The van der Waals surface area contributed by atoms with Gasteiger partial charge in [0, 0.05) is 18.8 Å². The second kappa shape index (κ2) is 5.60. The molecule has 2 nitrogen and oxygen atoms in total. The van der Waals surface area contributed by atoms with Gasteiger partial charge in [0.05, 0.1) is 10.6 Å². The summed E-state index contributed by atoms with van der Waals surface area (Å²) < 4.78 is 37.6. The summed E-state index contributed by atoms with van der Waals surface area (Å²) >= 11 is 5.48. The van der Waals surface area contributed by atoms with E-state index in [4.69, 9.17) is 16.7 Å². The van der Waals surface area contributed by atoms with Crippen molar-refractivity contribution >= 4 is 17.3 Å². The Morgan fingerprint density at radius 1 is 1.41 bits per heavy atom. The highest BCUT2D eigenvalue weighted by molar-refractivity contribution is 6.31. The lowest BCUT2D eigenvalue weighted by Crippen LogP contribution is -2.15. The summed E-state index contributed by atoms with van der Waals surface area (Å²) in [4.78, 5) is 0. The Morgan fingerprint density at radius 2 is 2.06 bits per heavy atom. The van der Waals surface area contributed by atoms with Crippen LogP contribution in [0.3, 0.4) is 0 Å². The van der Waals surface area contributed by atoms with Crippen LogP contribution in [-0.2, 0) is 6.18 Å². The van der Waals surface area contributed by atoms with Crippen molar-refractivity contribution in [2.24, 2.45) is 5.92 Å². The van der Waals surface area contributed by atoms with E-state index in [0.717, 1.165) is 6.07 Å². The van der Waals surface area contributed by atoms with Crippen LogP contribution in [0.1, 0.15) is 12.5 Å². The maximum absolute atomic E-state index is 12.5. The molecule has 0 aliphatic carbocycles. The first-order chi connectivity index (χ1) is 7.84. The molecule has 1 aromatic rings. The van der Waals surface area contributed by atoms with Crippen molar-refractivity contribution in [3.05, 3.63) is 28.8 Å². The molecule has 1 unspecified atom stereocenters. The van der Waals surface area contributed by atoms with Crippen molar-refractivity contribution in [3.63, 3.8) is 0 Å². The molecule has 0 aliphatic rings. The summed E-state index contributed by atoms with van der Waals surface area (Å²) in [6, 6.07) is 3.64. The number of nitrogens with one attached hydrogen (secondary N) is 1. The van der Waals surface area contributed by atoms with Crippen molar-refractivity contribution in [3.8, 4) is 0 Å². The predicted molar refractivity (Wildman–Crippen MR) is 61.2 cm³/mol. The minimum absolute atomic E-state index is 0.0211. The zero-order chi connectivity index (χ0) is 13.1. The topological polar surface area (TPSA) is 32.3 Å². The molecule has 17 heavy (non-hydrogen) atoms. The minimum atomic E-state index is -4.46. The number of hydrogen-bond acceptors (Lipinski definition) is 2. The second-order valence-corrected chi connectivity index (χ2v) is 4.27.